The van der Waals surface area contributed by atoms with Crippen LogP contribution in [0.4, 0.5) is 10.5 Å². The number of hydrogen-bond acceptors (Lipinski definition) is 4. The summed E-state index contributed by atoms with van der Waals surface area (Å²) in [4.78, 5) is 19.3. The molecule has 2 aliphatic heterocycles. The van der Waals surface area contributed by atoms with E-state index < -0.39 is 0 Å². The smallest absolute Gasteiger partial charge is 0.321 e. The minimum Gasteiger partial charge on any atom is -0.374 e. The molecule has 0 radical (unpaired) electrons. The molecular weight excluding hydrogens is 387 g/mol. The monoisotopic (exact) mass is 412 g/mol. The zero-order valence-electron chi connectivity index (χ0n) is 15.4. The number of carbonyl (C=O) groups excluding carboxylic acids is 1. The summed E-state index contributed by atoms with van der Waals surface area (Å²) in [6, 6.07) is 5.82. The molecule has 0 bridgehead atoms. The van der Waals surface area contributed by atoms with Crippen LogP contribution in [0.3, 0.4) is 0 Å². The van der Waals surface area contributed by atoms with Gasteiger partial charge in [-0.15, -0.1) is 0 Å². The van der Waals surface area contributed by atoms with Crippen molar-refractivity contribution in [3.05, 3.63) is 28.2 Å². The van der Waals surface area contributed by atoms with Crippen LogP contribution >= 0.6 is 23.2 Å². The number of piperazine rings is 1. The van der Waals surface area contributed by atoms with Crippen LogP contribution in [0.1, 0.15) is 12.8 Å². The molecule has 1 saturated carbocycles. The van der Waals surface area contributed by atoms with Gasteiger partial charge in [0, 0.05) is 57.5 Å². The molecule has 0 aromatic heterocycles. The number of anilines is 1. The zero-order valence-corrected chi connectivity index (χ0v) is 16.9. The lowest BCUT2D eigenvalue weighted by atomic mass is 10.2. The molecular formula is C19H26Cl2N4O2. The van der Waals surface area contributed by atoms with Crippen molar-refractivity contribution in [1.82, 2.24) is 14.7 Å². The maximum absolute atomic E-state index is 12.5. The Bertz CT molecular complexity index is 678. The van der Waals surface area contributed by atoms with Gasteiger partial charge in [-0.25, -0.2) is 4.79 Å². The van der Waals surface area contributed by atoms with Crippen molar-refractivity contribution in [3.63, 3.8) is 0 Å². The lowest BCUT2D eigenvalue weighted by Gasteiger charge is -2.39. The number of morpholine rings is 1. The molecule has 3 aliphatic rings. The van der Waals surface area contributed by atoms with E-state index in [2.05, 4.69) is 15.1 Å². The number of benzene rings is 1. The number of nitrogens with zero attached hydrogens (tertiary/aromatic N) is 3. The van der Waals surface area contributed by atoms with Gasteiger partial charge < -0.3 is 15.0 Å². The molecule has 27 heavy (non-hydrogen) atoms. The normalized spacial score (nSPS) is 24.8. The summed E-state index contributed by atoms with van der Waals surface area (Å²) < 4.78 is 5.96. The van der Waals surface area contributed by atoms with Crippen LogP contribution in [0.5, 0.6) is 0 Å². The summed E-state index contributed by atoms with van der Waals surface area (Å²) >= 11 is 11.9. The van der Waals surface area contributed by atoms with E-state index in [4.69, 9.17) is 27.9 Å². The average molecular weight is 413 g/mol. The predicted molar refractivity (Wildman–Crippen MR) is 108 cm³/mol. The van der Waals surface area contributed by atoms with Crippen LogP contribution in [-0.2, 0) is 4.74 Å². The molecule has 4 rings (SSSR count). The fraction of sp³-hybridized carbons (Fsp3) is 0.632. The summed E-state index contributed by atoms with van der Waals surface area (Å²) in [5, 5.41) is 3.81. The lowest BCUT2D eigenvalue weighted by Crippen LogP contribution is -2.54. The Morgan fingerprint density at radius 3 is 2.59 bits per heavy atom. The van der Waals surface area contributed by atoms with Crippen LogP contribution in [0, 0.1) is 0 Å². The number of urea groups is 1. The number of ether oxygens (including phenoxy) is 1. The molecule has 1 aliphatic carbocycles. The fourth-order valence-electron chi connectivity index (χ4n) is 3.82. The van der Waals surface area contributed by atoms with Crippen molar-refractivity contribution in [2.45, 2.75) is 25.0 Å². The third-order valence-electron chi connectivity index (χ3n) is 5.53. The first-order valence-corrected chi connectivity index (χ1v) is 10.4. The van der Waals surface area contributed by atoms with E-state index in [-0.39, 0.29) is 12.1 Å². The van der Waals surface area contributed by atoms with E-state index in [1.54, 1.807) is 18.2 Å². The largest absolute Gasteiger partial charge is 0.374 e. The van der Waals surface area contributed by atoms with Gasteiger partial charge in [0.1, 0.15) is 0 Å². The van der Waals surface area contributed by atoms with E-state index in [0.717, 1.165) is 45.4 Å². The Kier molecular flexibility index (Phi) is 6.09. The highest BCUT2D eigenvalue weighted by Crippen LogP contribution is 2.28. The maximum atomic E-state index is 12.5. The Hall–Kier alpha value is -1.05. The van der Waals surface area contributed by atoms with Crippen molar-refractivity contribution in [2.24, 2.45) is 0 Å². The molecule has 1 aromatic rings. The minimum absolute atomic E-state index is 0.0955. The van der Waals surface area contributed by atoms with Crippen LogP contribution in [-0.4, -0.2) is 85.3 Å². The molecule has 148 valence electrons. The SMILES string of the molecule is O=C(Nc1ccc(Cl)c(Cl)c1)N1CCN(C[C@H]2CN(C3CC3)CCO2)CC1. The number of nitrogens with one attached hydrogen (secondary N) is 1. The van der Waals surface area contributed by atoms with Crippen molar-refractivity contribution in [2.75, 3.05) is 57.7 Å². The summed E-state index contributed by atoms with van der Waals surface area (Å²) in [6.07, 6.45) is 2.98. The van der Waals surface area contributed by atoms with Gasteiger partial charge in [0.15, 0.2) is 0 Å². The molecule has 1 N–H and O–H groups in total. The third kappa shape index (κ3) is 5.06. The summed E-state index contributed by atoms with van der Waals surface area (Å²) in [7, 11) is 0. The summed E-state index contributed by atoms with van der Waals surface area (Å²) in [5.74, 6) is 0. The number of amides is 2. The van der Waals surface area contributed by atoms with E-state index in [1.807, 2.05) is 4.90 Å². The van der Waals surface area contributed by atoms with Crippen molar-refractivity contribution in [3.8, 4) is 0 Å². The van der Waals surface area contributed by atoms with Gasteiger partial charge in [-0.3, -0.25) is 9.80 Å². The van der Waals surface area contributed by atoms with E-state index >= 15 is 0 Å². The Morgan fingerprint density at radius 1 is 1.11 bits per heavy atom. The van der Waals surface area contributed by atoms with Crippen molar-refractivity contribution >= 4 is 34.9 Å². The number of halogens is 2. The third-order valence-corrected chi connectivity index (χ3v) is 6.26. The lowest BCUT2D eigenvalue weighted by molar-refractivity contribution is -0.0492. The van der Waals surface area contributed by atoms with Crippen molar-refractivity contribution < 1.29 is 9.53 Å². The second kappa shape index (κ2) is 8.53. The Labute approximate surface area is 170 Å². The number of rotatable bonds is 4. The van der Waals surface area contributed by atoms with Gasteiger partial charge >= 0.3 is 6.03 Å². The van der Waals surface area contributed by atoms with E-state index in [9.17, 15) is 4.79 Å². The molecule has 2 saturated heterocycles. The van der Waals surface area contributed by atoms with Gasteiger partial charge in [0.05, 0.1) is 22.8 Å². The Balaban J connectivity index is 1.22. The van der Waals surface area contributed by atoms with Crippen LogP contribution in [0.25, 0.3) is 0 Å². The Morgan fingerprint density at radius 2 is 1.89 bits per heavy atom. The zero-order chi connectivity index (χ0) is 18.8. The topological polar surface area (TPSA) is 48.1 Å². The summed E-state index contributed by atoms with van der Waals surface area (Å²) in [5.41, 5.74) is 0.660. The highest BCUT2D eigenvalue weighted by molar-refractivity contribution is 6.42. The molecule has 2 heterocycles. The first-order chi connectivity index (χ1) is 13.1. The standard InChI is InChI=1S/C19H26Cl2N4O2/c20-17-4-1-14(11-18(17)21)22-19(26)24-7-5-23(6-8-24)12-16-13-25(9-10-27-16)15-2-3-15/h1,4,11,15-16H,2-3,5-10,12-13H2,(H,22,26)/t16-/m0/s1. The molecule has 0 spiro atoms. The van der Waals surface area contributed by atoms with E-state index in [0.29, 0.717) is 28.8 Å². The van der Waals surface area contributed by atoms with Crippen LogP contribution in [0.2, 0.25) is 10.0 Å². The molecule has 8 heteroatoms. The van der Waals surface area contributed by atoms with Gasteiger partial charge in [-0.05, 0) is 31.0 Å². The van der Waals surface area contributed by atoms with Crippen LogP contribution < -0.4 is 5.32 Å². The van der Waals surface area contributed by atoms with Gasteiger partial charge in [0.2, 0.25) is 0 Å². The highest BCUT2D eigenvalue weighted by atomic mass is 35.5. The van der Waals surface area contributed by atoms with Crippen LogP contribution in [0.15, 0.2) is 18.2 Å². The number of carbonyl (C=O) groups is 1. The molecule has 1 atom stereocenters. The van der Waals surface area contributed by atoms with Gasteiger partial charge in [0.25, 0.3) is 0 Å². The van der Waals surface area contributed by atoms with Gasteiger partial charge in [-0.1, -0.05) is 23.2 Å². The number of hydrogen-bond donors (Lipinski definition) is 1. The summed E-state index contributed by atoms with van der Waals surface area (Å²) in [6.45, 7) is 7.08. The fourth-order valence-corrected chi connectivity index (χ4v) is 4.12. The molecule has 0 unspecified atom stereocenters. The molecule has 6 nitrogen and oxygen atoms in total. The molecule has 1 aromatic carbocycles. The molecule has 2 amide bonds. The second-order valence-electron chi connectivity index (χ2n) is 7.57. The first-order valence-electron chi connectivity index (χ1n) is 9.67. The van der Waals surface area contributed by atoms with Crippen molar-refractivity contribution in [1.29, 1.82) is 0 Å². The second-order valence-corrected chi connectivity index (χ2v) is 8.38. The molecule has 3 fully saturated rings. The average Bonchev–Trinajstić information content (AvgIpc) is 3.51. The quantitative estimate of drug-likeness (QED) is 0.825. The first kappa shape index (κ1) is 19.3. The minimum atomic E-state index is -0.0955. The highest BCUT2D eigenvalue weighted by Gasteiger charge is 2.34. The van der Waals surface area contributed by atoms with E-state index in [1.165, 1.54) is 12.8 Å². The van der Waals surface area contributed by atoms with Gasteiger partial charge in [-0.2, -0.15) is 0 Å². The maximum Gasteiger partial charge on any atom is 0.321 e. The predicted octanol–water partition coefficient (Wildman–Crippen LogP) is 3.01.